The molecule has 0 radical (unpaired) electrons. The van der Waals surface area contributed by atoms with E-state index in [-0.39, 0.29) is 0 Å². The van der Waals surface area contributed by atoms with E-state index in [0.717, 1.165) is 23.8 Å². The summed E-state index contributed by atoms with van der Waals surface area (Å²) < 4.78 is 11.0. The molecule has 0 unspecified atom stereocenters. The number of fused-ring (bicyclic) bond motifs is 3. The monoisotopic (exact) mass is 322 g/mol. The Morgan fingerprint density at radius 1 is 0.833 bits per heavy atom. The second kappa shape index (κ2) is 6.51. The fourth-order valence-corrected chi connectivity index (χ4v) is 4.97. The normalized spacial score (nSPS) is 25.5. The van der Waals surface area contributed by atoms with Crippen molar-refractivity contribution >= 4 is 0 Å². The topological polar surface area (TPSA) is 18.5 Å². The Labute approximate surface area is 144 Å². The van der Waals surface area contributed by atoms with Gasteiger partial charge in [0.15, 0.2) is 0 Å². The van der Waals surface area contributed by atoms with Crippen molar-refractivity contribution in [1.29, 1.82) is 0 Å². The van der Waals surface area contributed by atoms with Gasteiger partial charge in [0.2, 0.25) is 0 Å². The molecule has 0 amide bonds. The van der Waals surface area contributed by atoms with Crippen LogP contribution < -0.4 is 9.47 Å². The standard InChI is InChI=1S/C22H26O2/c1-23-17-12-10-15(11-13-17)20-14-16-6-5-9-21(24-2)22(16)19-8-4-3-7-18(19)20/h5-6,9-13,18-20H,3-4,7-8,14H2,1-2H3/t18-,19+,20-/m0/s1. The van der Waals surface area contributed by atoms with Crippen LogP contribution in [0.25, 0.3) is 0 Å². The summed E-state index contributed by atoms with van der Waals surface area (Å²) in [6.45, 7) is 0. The molecule has 1 fully saturated rings. The lowest BCUT2D eigenvalue weighted by Crippen LogP contribution is -2.31. The number of rotatable bonds is 3. The molecule has 126 valence electrons. The molecule has 0 heterocycles. The van der Waals surface area contributed by atoms with Crippen LogP contribution in [0.4, 0.5) is 0 Å². The molecule has 4 rings (SSSR count). The van der Waals surface area contributed by atoms with E-state index in [4.69, 9.17) is 9.47 Å². The highest BCUT2D eigenvalue weighted by Gasteiger charge is 2.40. The Kier molecular flexibility index (Phi) is 4.22. The molecule has 0 aromatic heterocycles. The quantitative estimate of drug-likeness (QED) is 0.761. The van der Waals surface area contributed by atoms with Crippen LogP contribution in [-0.4, -0.2) is 14.2 Å². The zero-order valence-electron chi connectivity index (χ0n) is 14.6. The number of hydrogen-bond donors (Lipinski definition) is 0. The van der Waals surface area contributed by atoms with Crippen molar-refractivity contribution in [2.45, 2.75) is 43.9 Å². The molecule has 3 atom stereocenters. The minimum absolute atomic E-state index is 0.612. The average molecular weight is 322 g/mol. The summed E-state index contributed by atoms with van der Waals surface area (Å²) in [7, 11) is 3.54. The van der Waals surface area contributed by atoms with Crippen molar-refractivity contribution in [3.63, 3.8) is 0 Å². The Morgan fingerprint density at radius 2 is 1.62 bits per heavy atom. The molecule has 2 aliphatic carbocycles. The maximum atomic E-state index is 5.72. The van der Waals surface area contributed by atoms with Gasteiger partial charge in [0, 0.05) is 5.56 Å². The van der Waals surface area contributed by atoms with Crippen molar-refractivity contribution in [1.82, 2.24) is 0 Å². The summed E-state index contributed by atoms with van der Waals surface area (Å²) in [6.07, 6.45) is 6.45. The second-order valence-corrected chi connectivity index (χ2v) is 7.17. The summed E-state index contributed by atoms with van der Waals surface area (Å²) in [5, 5.41) is 0. The van der Waals surface area contributed by atoms with Crippen LogP contribution in [0.2, 0.25) is 0 Å². The number of ether oxygens (including phenoxy) is 2. The van der Waals surface area contributed by atoms with Crippen LogP contribution in [-0.2, 0) is 6.42 Å². The molecule has 2 aromatic carbocycles. The maximum absolute atomic E-state index is 5.72. The van der Waals surface area contributed by atoms with Crippen molar-refractivity contribution in [2.24, 2.45) is 5.92 Å². The minimum Gasteiger partial charge on any atom is -0.497 e. The van der Waals surface area contributed by atoms with Gasteiger partial charge in [0.05, 0.1) is 14.2 Å². The van der Waals surface area contributed by atoms with Crippen molar-refractivity contribution in [3.8, 4) is 11.5 Å². The fraction of sp³-hybridized carbons (Fsp3) is 0.455. The summed E-state index contributed by atoms with van der Waals surface area (Å²) in [4.78, 5) is 0. The van der Waals surface area contributed by atoms with E-state index in [2.05, 4.69) is 42.5 Å². The number of methoxy groups -OCH3 is 2. The number of hydrogen-bond acceptors (Lipinski definition) is 2. The minimum atomic E-state index is 0.612. The first-order valence-electron chi connectivity index (χ1n) is 9.11. The summed E-state index contributed by atoms with van der Waals surface area (Å²) in [5.41, 5.74) is 4.44. The highest BCUT2D eigenvalue weighted by atomic mass is 16.5. The van der Waals surface area contributed by atoms with Gasteiger partial charge in [-0.15, -0.1) is 0 Å². The van der Waals surface area contributed by atoms with E-state index in [1.54, 1.807) is 7.11 Å². The molecule has 2 aromatic rings. The lowest BCUT2D eigenvalue weighted by atomic mass is 9.61. The zero-order valence-corrected chi connectivity index (χ0v) is 14.6. The average Bonchev–Trinajstić information content (AvgIpc) is 2.67. The molecule has 2 aliphatic rings. The first-order valence-corrected chi connectivity index (χ1v) is 9.11. The van der Waals surface area contributed by atoms with Gasteiger partial charge in [-0.3, -0.25) is 0 Å². The van der Waals surface area contributed by atoms with E-state index in [1.165, 1.54) is 42.4 Å². The van der Waals surface area contributed by atoms with Gasteiger partial charge in [-0.05, 0) is 66.3 Å². The van der Waals surface area contributed by atoms with Gasteiger partial charge in [-0.25, -0.2) is 0 Å². The zero-order chi connectivity index (χ0) is 16.5. The SMILES string of the molecule is COc1ccc([C@@H]2Cc3cccc(OC)c3[C@@H]3CCCC[C@H]23)cc1. The van der Waals surface area contributed by atoms with Gasteiger partial charge in [0.25, 0.3) is 0 Å². The summed E-state index contributed by atoms with van der Waals surface area (Å²) in [5.74, 6) is 4.02. The van der Waals surface area contributed by atoms with Crippen molar-refractivity contribution in [2.75, 3.05) is 14.2 Å². The largest absolute Gasteiger partial charge is 0.497 e. The molecular formula is C22H26O2. The third-order valence-corrected chi connectivity index (χ3v) is 6.07. The molecule has 0 N–H and O–H groups in total. The smallest absolute Gasteiger partial charge is 0.122 e. The predicted octanol–water partition coefficient (Wildman–Crippen LogP) is 5.32. The third kappa shape index (κ3) is 2.58. The van der Waals surface area contributed by atoms with Gasteiger partial charge in [0.1, 0.15) is 11.5 Å². The van der Waals surface area contributed by atoms with Crippen LogP contribution in [0.3, 0.4) is 0 Å². The van der Waals surface area contributed by atoms with Crippen LogP contribution >= 0.6 is 0 Å². The fourth-order valence-electron chi connectivity index (χ4n) is 4.97. The second-order valence-electron chi connectivity index (χ2n) is 7.17. The molecule has 2 nitrogen and oxygen atoms in total. The van der Waals surface area contributed by atoms with Gasteiger partial charge >= 0.3 is 0 Å². The Balaban J connectivity index is 1.76. The third-order valence-electron chi connectivity index (χ3n) is 6.07. The molecule has 0 saturated heterocycles. The molecule has 0 aliphatic heterocycles. The van der Waals surface area contributed by atoms with Gasteiger partial charge in [-0.2, -0.15) is 0 Å². The molecule has 0 spiro atoms. The Bertz CT molecular complexity index is 704. The van der Waals surface area contributed by atoms with Gasteiger partial charge in [-0.1, -0.05) is 37.1 Å². The maximum Gasteiger partial charge on any atom is 0.122 e. The molecular weight excluding hydrogens is 296 g/mol. The van der Waals surface area contributed by atoms with Gasteiger partial charge < -0.3 is 9.47 Å². The van der Waals surface area contributed by atoms with Crippen molar-refractivity contribution in [3.05, 3.63) is 59.2 Å². The highest BCUT2D eigenvalue weighted by Crippen LogP contribution is 2.53. The van der Waals surface area contributed by atoms with E-state index >= 15 is 0 Å². The first-order chi connectivity index (χ1) is 11.8. The van der Waals surface area contributed by atoms with E-state index in [1.807, 2.05) is 7.11 Å². The molecule has 0 bridgehead atoms. The Hall–Kier alpha value is -1.96. The van der Waals surface area contributed by atoms with E-state index < -0.39 is 0 Å². The van der Waals surface area contributed by atoms with E-state index in [0.29, 0.717) is 11.8 Å². The predicted molar refractivity (Wildman–Crippen MR) is 97.1 cm³/mol. The number of benzene rings is 2. The lowest BCUT2D eigenvalue weighted by Gasteiger charge is -2.43. The van der Waals surface area contributed by atoms with Crippen LogP contribution in [0.5, 0.6) is 11.5 Å². The molecule has 24 heavy (non-hydrogen) atoms. The van der Waals surface area contributed by atoms with Crippen LogP contribution in [0, 0.1) is 5.92 Å². The molecule has 1 saturated carbocycles. The summed E-state index contributed by atoms with van der Waals surface area (Å²) >= 11 is 0. The summed E-state index contributed by atoms with van der Waals surface area (Å²) in [6, 6.07) is 15.3. The first kappa shape index (κ1) is 15.6. The van der Waals surface area contributed by atoms with Crippen molar-refractivity contribution < 1.29 is 9.47 Å². The lowest BCUT2D eigenvalue weighted by molar-refractivity contribution is 0.237. The van der Waals surface area contributed by atoms with Crippen LogP contribution in [0.1, 0.15) is 54.2 Å². The highest BCUT2D eigenvalue weighted by molar-refractivity contribution is 5.47. The molecule has 2 heteroatoms. The Morgan fingerprint density at radius 3 is 2.38 bits per heavy atom. The van der Waals surface area contributed by atoms with E-state index in [9.17, 15) is 0 Å². The van der Waals surface area contributed by atoms with Crippen LogP contribution in [0.15, 0.2) is 42.5 Å².